The number of aliphatic hydroxyl groups excluding tert-OH is 1. The Morgan fingerprint density at radius 2 is 2.10 bits per heavy atom. The van der Waals surface area contributed by atoms with E-state index in [2.05, 4.69) is 30.1 Å². The summed E-state index contributed by atoms with van der Waals surface area (Å²) in [6.45, 7) is 6.91. The molecule has 5 heteroatoms. The van der Waals surface area contributed by atoms with Crippen molar-refractivity contribution in [3.8, 4) is 0 Å². The summed E-state index contributed by atoms with van der Waals surface area (Å²) in [5.41, 5.74) is 2.11. The molecule has 0 aromatic heterocycles. The Balaban J connectivity index is 2.97. The van der Waals surface area contributed by atoms with Gasteiger partial charge in [-0.05, 0) is 11.6 Å². The number of hydrogen-bond donors (Lipinski definition) is 2. The predicted molar refractivity (Wildman–Crippen MR) is 84.6 cm³/mol. The van der Waals surface area contributed by atoms with Gasteiger partial charge in [-0.2, -0.15) is 0 Å². The largest absolute Gasteiger partial charge is 0.395 e. The van der Waals surface area contributed by atoms with Crippen LogP contribution in [0.3, 0.4) is 0 Å². The molecule has 0 radical (unpaired) electrons. The smallest absolute Gasteiger partial charge is 0.0642 e. The average molecular weight is 301 g/mol. The number of nitrogens with one attached hydrogen (secondary N) is 1. The fraction of sp³-hybridized carbons (Fsp3) is 0.600. The number of hydrogen-bond acceptors (Lipinski definition) is 4. The first-order valence-electron chi connectivity index (χ1n) is 6.95. The molecule has 0 amide bonds. The standard InChI is InChI=1S/C15H25ClN2O2/c1-12(2)17-11-13-5-4-6-14(16)15(13)18(7-9-19)8-10-20-3/h4-6,12,17,19H,7-11H2,1-3H3. The maximum absolute atomic E-state index is 9.26. The Morgan fingerprint density at radius 3 is 2.70 bits per heavy atom. The number of aliphatic hydroxyl groups is 1. The van der Waals surface area contributed by atoms with E-state index in [0.717, 1.165) is 17.8 Å². The summed E-state index contributed by atoms with van der Waals surface area (Å²) in [6.07, 6.45) is 0. The van der Waals surface area contributed by atoms with Crippen LogP contribution in [0.5, 0.6) is 0 Å². The third kappa shape index (κ3) is 5.29. The lowest BCUT2D eigenvalue weighted by Gasteiger charge is -2.27. The highest BCUT2D eigenvalue weighted by Gasteiger charge is 2.14. The summed E-state index contributed by atoms with van der Waals surface area (Å²) in [4.78, 5) is 2.07. The van der Waals surface area contributed by atoms with Gasteiger partial charge in [-0.15, -0.1) is 0 Å². The molecule has 0 aliphatic heterocycles. The van der Waals surface area contributed by atoms with Gasteiger partial charge < -0.3 is 20.1 Å². The van der Waals surface area contributed by atoms with E-state index in [1.165, 1.54) is 0 Å². The maximum Gasteiger partial charge on any atom is 0.0642 e. The monoisotopic (exact) mass is 300 g/mol. The first-order chi connectivity index (χ1) is 9.60. The number of para-hydroxylation sites is 1. The summed E-state index contributed by atoms with van der Waals surface area (Å²) < 4.78 is 5.14. The minimum Gasteiger partial charge on any atom is -0.395 e. The van der Waals surface area contributed by atoms with Crippen LogP contribution in [0.4, 0.5) is 5.69 Å². The van der Waals surface area contributed by atoms with Crippen molar-refractivity contribution in [3.05, 3.63) is 28.8 Å². The molecule has 0 aliphatic carbocycles. The summed E-state index contributed by atoms with van der Waals surface area (Å²) in [6, 6.07) is 6.31. The van der Waals surface area contributed by atoms with E-state index >= 15 is 0 Å². The zero-order valence-corrected chi connectivity index (χ0v) is 13.3. The summed E-state index contributed by atoms with van der Waals surface area (Å²) >= 11 is 6.36. The van der Waals surface area contributed by atoms with Crippen LogP contribution in [0, 0.1) is 0 Å². The van der Waals surface area contributed by atoms with Gasteiger partial charge in [0.05, 0.1) is 23.9 Å². The molecule has 1 aromatic rings. The molecule has 0 unspecified atom stereocenters. The summed E-state index contributed by atoms with van der Waals surface area (Å²) in [5.74, 6) is 0. The Hall–Kier alpha value is -0.810. The van der Waals surface area contributed by atoms with Gasteiger partial charge in [0.2, 0.25) is 0 Å². The number of halogens is 1. The Bertz CT molecular complexity index is 399. The number of nitrogens with zero attached hydrogens (tertiary/aromatic N) is 1. The molecule has 0 atom stereocenters. The Labute approximate surface area is 126 Å². The lowest BCUT2D eigenvalue weighted by Crippen LogP contribution is -2.32. The van der Waals surface area contributed by atoms with Crippen LogP contribution in [0.2, 0.25) is 5.02 Å². The molecule has 0 spiro atoms. The SMILES string of the molecule is COCCN(CCO)c1c(Cl)cccc1CNC(C)C. The van der Waals surface area contributed by atoms with Crippen LogP contribution in [0.1, 0.15) is 19.4 Å². The van der Waals surface area contributed by atoms with Gasteiger partial charge >= 0.3 is 0 Å². The van der Waals surface area contributed by atoms with Gasteiger partial charge in [0, 0.05) is 32.8 Å². The van der Waals surface area contributed by atoms with Crippen LogP contribution in [-0.4, -0.2) is 44.6 Å². The maximum atomic E-state index is 9.26. The van der Waals surface area contributed by atoms with Gasteiger partial charge in [-0.25, -0.2) is 0 Å². The van der Waals surface area contributed by atoms with Gasteiger partial charge in [-0.1, -0.05) is 37.6 Å². The van der Waals surface area contributed by atoms with Gasteiger partial charge in [0.1, 0.15) is 0 Å². The molecular formula is C15H25ClN2O2. The first-order valence-corrected chi connectivity index (χ1v) is 7.33. The lowest BCUT2D eigenvalue weighted by molar-refractivity contribution is 0.203. The van der Waals surface area contributed by atoms with Crippen LogP contribution >= 0.6 is 11.6 Å². The average Bonchev–Trinajstić information content (AvgIpc) is 2.41. The minimum atomic E-state index is 0.0893. The second-order valence-electron chi connectivity index (χ2n) is 4.99. The van der Waals surface area contributed by atoms with Crippen molar-refractivity contribution in [2.75, 3.05) is 38.3 Å². The number of rotatable bonds is 9. The van der Waals surface area contributed by atoms with Crippen molar-refractivity contribution in [3.63, 3.8) is 0 Å². The van der Waals surface area contributed by atoms with E-state index in [0.29, 0.717) is 30.8 Å². The second kappa shape index (κ2) is 9.19. The second-order valence-corrected chi connectivity index (χ2v) is 5.39. The van der Waals surface area contributed by atoms with Crippen molar-refractivity contribution >= 4 is 17.3 Å². The topological polar surface area (TPSA) is 44.7 Å². The minimum absolute atomic E-state index is 0.0893. The number of benzene rings is 1. The van der Waals surface area contributed by atoms with Gasteiger partial charge in [0.25, 0.3) is 0 Å². The highest BCUT2D eigenvalue weighted by atomic mass is 35.5. The lowest BCUT2D eigenvalue weighted by atomic mass is 10.1. The van der Waals surface area contributed by atoms with E-state index in [4.69, 9.17) is 16.3 Å². The highest BCUT2D eigenvalue weighted by Crippen LogP contribution is 2.30. The molecule has 1 rings (SSSR count). The fourth-order valence-corrected chi connectivity index (χ4v) is 2.34. The Morgan fingerprint density at radius 1 is 1.35 bits per heavy atom. The summed E-state index contributed by atoms with van der Waals surface area (Å²) in [7, 11) is 1.67. The molecule has 0 aliphatic rings. The molecule has 0 heterocycles. The molecule has 4 nitrogen and oxygen atoms in total. The normalized spacial score (nSPS) is 11.1. The van der Waals surface area contributed by atoms with Gasteiger partial charge in [0.15, 0.2) is 0 Å². The van der Waals surface area contributed by atoms with E-state index in [1.54, 1.807) is 7.11 Å². The molecule has 0 saturated heterocycles. The van der Waals surface area contributed by atoms with Crippen LogP contribution in [0.25, 0.3) is 0 Å². The van der Waals surface area contributed by atoms with Crippen molar-refractivity contribution in [1.29, 1.82) is 0 Å². The van der Waals surface area contributed by atoms with Crippen molar-refractivity contribution in [2.24, 2.45) is 0 Å². The van der Waals surface area contributed by atoms with Crippen molar-refractivity contribution in [1.82, 2.24) is 5.32 Å². The van der Waals surface area contributed by atoms with E-state index in [9.17, 15) is 5.11 Å². The zero-order valence-electron chi connectivity index (χ0n) is 12.5. The third-order valence-corrected chi connectivity index (χ3v) is 3.33. The van der Waals surface area contributed by atoms with Crippen LogP contribution < -0.4 is 10.2 Å². The third-order valence-electron chi connectivity index (χ3n) is 3.02. The fourth-order valence-electron chi connectivity index (χ4n) is 2.03. The van der Waals surface area contributed by atoms with Crippen LogP contribution in [0.15, 0.2) is 18.2 Å². The molecular weight excluding hydrogens is 276 g/mol. The van der Waals surface area contributed by atoms with E-state index in [1.807, 2.05) is 12.1 Å². The highest BCUT2D eigenvalue weighted by molar-refractivity contribution is 6.33. The quantitative estimate of drug-likeness (QED) is 0.734. The molecule has 0 fully saturated rings. The predicted octanol–water partition coefficient (Wildman–Crippen LogP) is 2.28. The number of methoxy groups -OCH3 is 1. The molecule has 0 bridgehead atoms. The van der Waals surface area contributed by atoms with Crippen molar-refractivity contribution < 1.29 is 9.84 Å². The van der Waals surface area contributed by atoms with Crippen LogP contribution in [-0.2, 0) is 11.3 Å². The first kappa shape index (κ1) is 17.2. The van der Waals surface area contributed by atoms with E-state index < -0.39 is 0 Å². The molecule has 2 N–H and O–H groups in total. The number of anilines is 1. The molecule has 114 valence electrons. The van der Waals surface area contributed by atoms with Gasteiger partial charge in [-0.3, -0.25) is 0 Å². The summed E-state index contributed by atoms with van der Waals surface area (Å²) in [5, 5.41) is 13.4. The molecule has 20 heavy (non-hydrogen) atoms. The zero-order chi connectivity index (χ0) is 15.0. The van der Waals surface area contributed by atoms with E-state index in [-0.39, 0.29) is 6.61 Å². The number of ether oxygens (including phenoxy) is 1. The Kier molecular flexibility index (Phi) is 7.92. The molecule has 1 aromatic carbocycles. The van der Waals surface area contributed by atoms with Crippen molar-refractivity contribution in [2.45, 2.75) is 26.4 Å². The molecule has 0 saturated carbocycles.